The number of aromatic amines is 1. The molecule has 2 heterocycles. The Bertz CT molecular complexity index is 958. The molecule has 1 atom stereocenters. The van der Waals surface area contributed by atoms with Crippen LogP contribution in [0.5, 0.6) is 0 Å². The minimum Gasteiger partial charge on any atom is -0.478 e. The molecular formula is C23H24N2O3. The molecule has 3 aromatic rings. The summed E-state index contributed by atoms with van der Waals surface area (Å²) in [6, 6.07) is 17.2. The molecule has 1 aliphatic heterocycles. The maximum Gasteiger partial charge on any atom is 0.335 e. The average molecular weight is 376 g/mol. The van der Waals surface area contributed by atoms with Crippen molar-refractivity contribution in [1.82, 2.24) is 9.88 Å². The molecule has 0 saturated carbocycles. The van der Waals surface area contributed by atoms with E-state index < -0.39 is 5.97 Å². The third-order valence-electron chi connectivity index (χ3n) is 5.56. The van der Waals surface area contributed by atoms with Gasteiger partial charge in [0, 0.05) is 24.2 Å². The number of aromatic carboxylic acids is 1. The van der Waals surface area contributed by atoms with Gasteiger partial charge < -0.3 is 15.0 Å². The second-order valence-electron chi connectivity index (χ2n) is 7.41. The van der Waals surface area contributed by atoms with E-state index in [0.717, 1.165) is 42.6 Å². The number of nitrogens with one attached hydrogen (secondary N) is 1. The zero-order valence-electron chi connectivity index (χ0n) is 15.7. The summed E-state index contributed by atoms with van der Waals surface area (Å²) < 4.78 is 0. The van der Waals surface area contributed by atoms with Crippen LogP contribution in [0.25, 0.3) is 10.9 Å². The lowest BCUT2D eigenvalue weighted by atomic mass is 9.98. The van der Waals surface area contributed by atoms with Gasteiger partial charge in [-0.1, -0.05) is 30.3 Å². The van der Waals surface area contributed by atoms with Gasteiger partial charge in [-0.25, -0.2) is 4.79 Å². The van der Waals surface area contributed by atoms with Crippen LogP contribution in [-0.4, -0.2) is 33.4 Å². The number of carboxylic acids is 1. The Balaban J connectivity index is 1.46. The fraction of sp³-hybridized carbons (Fsp3) is 0.304. The van der Waals surface area contributed by atoms with Gasteiger partial charge in [-0.05, 0) is 60.9 Å². The summed E-state index contributed by atoms with van der Waals surface area (Å²) in [7, 11) is 0. The molecule has 0 aliphatic carbocycles. The molecule has 0 bridgehead atoms. The molecule has 1 aliphatic rings. The number of benzene rings is 2. The van der Waals surface area contributed by atoms with Crippen molar-refractivity contribution in [1.29, 1.82) is 0 Å². The second-order valence-corrected chi connectivity index (χ2v) is 7.41. The highest BCUT2D eigenvalue weighted by molar-refractivity contribution is 5.87. The number of carbonyl (C=O) groups excluding carboxylic acids is 1. The Morgan fingerprint density at radius 2 is 1.86 bits per heavy atom. The van der Waals surface area contributed by atoms with Crippen molar-refractivity contribution in [3.8, 4) is 0 Å². The number of rotatable bonds is 5. The third kappa shape index (κ3) is 3.79. The predicted molar refractivity (Wildman–Crippen MR) is 108 cm³/mol. The quantitative estimate of drug-likeness (QED) is 0.686. The highest BCUT2D eigenvalue weighted by Gasteiger charge is 2.28. The molecule has 0 spiro atoms. The summed E-state index contributed by atoms with van der Waals surface area (Å²) in [6.07, 6.45) is 4.19. The Labute approximate surface area is 164 Å². The number of H-pyrrole nitrogens is 1. The van der Waals surface area contributed by atoms with E-state index in [1.807, 2.05) is 17.0 Å². The van der Waals surface area contributed by atoms with E-state index in [9.17, 15) is 9.59 Å². The number of amides is 1. The monoisotopic (exact) mass is 376 g/mol. The second kappa shape index (κ2) is 7.89. The van der Waals surface area contributed by atoms with E-state index in [2.05, 4.69) is 23.2 Å². The zero-order chi connectivity index (χ0) is 19.5. The first-order valence-corrected chi connectivity index (χ1v) is 9.81. The number of aromatic nitrogens is 1. The molecule has 2 N–H and O–H groups in total. The van der Waals surface area contributed by atoms with Crippen LogP contribution in [0.3, 0.4) is 0 Å². The standard InChI is InChI=1S/C23H24N2O3/c26-22(13-10-16-8-11-17(12-9-16)23(27)28)25-14-4-3-7-21(25)20-15-18-5-1-2-6-19(18)24-20/h1-2,5-6,8-9,11-12,15,21,24H,3-4,7,10,13-14H2,(H,27,28). The molecule has 1 fully saturated rings. The Morgan fingerprint density at radius 3 is 2.61 bits per heavy atom. The summed E-state index contributed by atoms with van der Waals surface area (Å²) in [5, 5.41) is 10.2. The van der Waals surface area contributed by atoms with Gasteiger partial charge in [-0.15, -0.1) is 0 Å². The van der Waals surface area contributed by atoms with Crippen molar-refractivity contribution in [2.75, 3.05) is 6.54 Å². The third-order valence-corrected chi connectivity index (χ3v) is 5.56. The lowest BCUT2D eigenvalue weighted by Crippen LogP contribution is -2.38. The molecule has 28 heavy (non-hydrogen) atoms. The molecular weight excluding hydrogens is 352 g/mol. The average Bonchev–Trinajstić information content (AvgIpc) is 3.16. The molecule has 144 valence electrons. The summed E-state index contributed by atoms with van der Waals surface area (Å²) in [5.41, 5.74) is 3.47. The topological polar surface area (TPSA) is 73.4 Å². The van der Waals surface area contributed by atoms with Crippen LogP contribution in [0.1, 0.15) is 53.3 Å². The van der Waals surface area contributed by atoms with Crippen LogP contribution in [0.4, 0.5) is 0 Å². The fourth-order valence-corrected chi connectivity index (χ4v) is 4.04. The number of para-hydroxylation sites is 1. The van der Waals surface area contributed by atoms with E-state index in [1.54, 1.807) is 24.3 Å². The van der Waals surface area contributed by atoms with Crippen LogP contribution >= 0.6 is 0 Å². The largest absolute Gasteiger partial charge is 0.478 e. The van der Waals surface area contributed by atoms with Gasteiger partial charge in [-0.3, -0.25) is 4.79 Å². The normalized spacial score (nSPS) is 17.0. The summed E-state index contributed by atoms with van der Waals surface area (Å²) in [4.78, 5) is 29.4. The van der Waals surface area contributed by atoms with Gasteiger partial charge >= 0.3 is 5.97 Å². The Hall–Kier alpha value is -3.08. The Kier molecular flexibility index (Phi) is 5.15. The predicted octanol–water partition coefficient (Wildman–Crippen LogP) is 4.55. The van der Waals surface area contributed by atoms with Crippen molar-refractivity contribution < 1.29 is 14.7 Å². The number of hydrogen-bond donors (Lipinski definition) is 2. The number of carbonyl (C=O) groups is 2. The van der Waals surface area contributed by atoms with Crippen LogP contribution in [0.15, 0.2) is 54.6 Å². The molecule has 1 amide bonds. The van der Waals surface area contributed by atoms with Crippen LogP contribution in [0, 0.1) is 0 Å². The molecule has 1 unspecified atom stereocenters. The number of piperidine rings is 1. The number of fused-ring (bicyclic) bond motifs is 1. The molecule has 0 radical (unpaired) electrons. The molecule has 2 aromatic carbocycles. The van der Waals surface area contributed by atoms with Gasteiger partial charge in [0.25, 0.3) is 0 Å². The summed E-state index contributed by atoms with van der Waals surface area (Å²) in [6.45, 7) is 0.789. The van der Waals surface area contributed by atoms with Gasteiger partial charge in [-0.2, -0.15) is 0 Å². The first-order chi connectivity index (χ1) is 13.6. The van der Waals surface area contributed by atoms with E-state index in [4.69, 9.17) is 5.11 Å². The van der Waals surface area contributed by atoms with Crippen LogP contribution in [0.2, 0.25) is 0 Å². The Morgan fingerprint density at radius 1 is 1.07 bits per heavy atom. The van der Waals surface area contributed by atoms with Crippen molar-refractivity contribution in [2.45, 2.75) is 38.1 Å². The highest BCUT2D eigenvalue weighted by Crippen LogP contribution is 2.32. The number of aryl methyl sites for hydroxylation is 1. The highest BCUT2D eigenvalue weighted by atomic mass is 16.4. The van der Waals surface area contributed by atoms with E-state index in [0.29, 0.717) is 12.8 Å². The van der Waals surface area contributed by atoms with Crippen molar-refractivity contribution in [2.24, 2.45) is 0 Å². The summed E-state index contributed by atoms with van der Waals surface area (Å²) in [5.74, 6) is -0.775. The lowest BCUT2D eigenvalue weighted by Gasteiger charge is -2.35. The molecule has 4 rings (SSSR count). The van der Waals surface area contributed by atoms with E-state index in [-0.39, 0.29) is 17.5 Å². The zero-order valence-corrected chi connectivity index (χ0v) is 15.7. The van der Waals surface area contributed by atoms with Crippen LogP contribution < -0.4 is 0 Å². The number of likely N-dealkylation sites (tertiary alicyclic amines) is 1. The molecule has 5 heteroatoms. The lowest BCUT2D eigenvalue weighted by molar-refractivity contribution is -0.135. The maximum atomic E-state index is 13.0. The molecule has 5 nitrogen and oxygen atoms in total. The van der Waals surface area contributed by atoms with Crippen molar-refractivity contribution >= 4 is 22.8 Å². The summed E-state index contributed by atoms with van der Waals surface area (Å²) >= 11 is 0. The maximum absolute atomic E-state index is 13.0. The van der Waals surface area contributed by atoms with Gasteiger partial charge in [0.15, 0.2) is 0 Å². The number of carboxylic acid groups (broad SMARTS) is 1. The molecule has 1 saturated heterocycles. The van der Waals surface area contributed by atoms with Crippen LogP contribution in [-0.2, 0) is 11.2 Å². The minimum atomic E-state index is -0.933. The van der Waals surface area contributed by atoms with E-state index in [1.165, 1.54) is 5.39 Å². The number of hydrogen-bond acceptors (Lipinski definition) is 2. The minimum absolute atomic E-state index is 0.100. The van der Waals surface area contributed by atoms with Gasteiger partial charge in [0.1, 0.15) is 0 Å². The first-order valence-electron chi connectivity index (χ1n) is 9.81. The van der Waals surface area contributed by atoms with Crippen molar-refractivity contribution in [3.63, 3.8) is 0 Å². The van der Waals surface area contributed by atoms with E-state index >= 15 is 0 Å². The van der Waals surface area contributed by atoms with Gasteiger partial charge in [0.05, 0.1) is 11.6 Å². The number of nitrogens with zero attached hydrogens (tertiary/aromatic N) is 1. The smallest absolute Gasteiger partial charge is 0.335 e. The SMILES string of the molecule is O=C(O)c1ccc(CCC(=O)N2CCCCC2c2cc3ccccc3[nH]2)cc1. The van der Waals surface area contributed by atoms with Crippen molar-refractivity contribution in [3.05, 3.63) is 71.4 Å². The fourth-order valence-electron chi connectivity index (χ4n) is 4.04. The molecule has 1 aromatic heterocycles. The van der Waals surface area contributed by atoms with Gasteiger partial charge in [0.2, 0.25) is 5.91 Å². The first kappa shape index (κ1) is 18.3.